The molecule has 0 aromatic heterocycles. The zero-order valence-corrected chi connectivity index (χ0v) is 21.3. The fraction of sp³-hybridized carbons (Fsp3) is 0.652. The lowest BCUT2D eigenvalue weighted by atomic mass is 10.3. The van der Waals surface area contributed by atoms with Gasteiger partial charge in [0.25, 0.3) is 11.8 Å². The first kappa shape index (κ1) is 40.5. The molecule has 0 saturated heterocycles. The van der Waals surface area contributed by atoms with E-state index < -0.39 is 18.3 Å². The lowest BCUT2D eigenvalue weighted by molar-refractivity contribution is -0.135. The summed E-state index contributed by atoms with van der Waals surface area (Å²) in [6.07, 6.45) is 0.0866. The lowest BCUT2D eigenvalue weighted by Crippen LogP contribution is -2.41. The van der Waals surface area contributed by atoms with Gasteiger partial charge < -0.3 is 35.5 Å². The minimum atomic E-state index is -0.521. The molecule has 1 unspecified atom stereocenters. The molecule has 0 bridgehead atoms. The average Bonchev–Trinajstić information content (AvgIpc) is 3.00. The first-order valence-electron chi connectivity index (χ1n) is 10.7. The maximum atomic E-state index is 11.0. The minimum Gasteiger partial charge on any atom is -0.447 e. The van der Waals surface area contributed by atoms with Gasteiger partial charge >= 0.3 is 12.2 Å². The number of rotatable bonds is 10. The van der Waals surface area contributed by atoms with E-state index in [2.05, 4.69) is 21.3 Å². The zero-order chi connectivity index (χ0) is 27.4. The van der Waals surface area contributed by atoms with Crippen molar-refractivity contribution in [1.29, 1.82) is 0 Å². The second-order valence-electron chi connectivity index (χ2n) is 6.85. The van der Waals surface area contributed by atoms with E-state index in [-0.39, 0.29) is 52.0 Å². The van der Waals surface area contributed by atoms with Crippen LogP contribution in [0, 0.1) is 0 Å². The summed E-state index contributed by atoms with van der Waals surface area (Å²) < 4.78 is 14.7. The van der Waals surface area contributed by atoms with Crippen LogP contribution in [0.1, 0.15) is 49.5 Å². The summed E-state index contributed by atoms with van der Waals surface area (Å²) in [5.74, 6) is -0.575. The summed E-state index contributed by atoms with van der Waals surface area (Å²) in [7, 11) is 2.92. The Bertz CT molecular complexity index is 722. The van der Waals surface area contributed by atoms with Crippen LogP contribution in [-0.4, -0.2) is 93.9 Å². The van der Waals surface area contributed by atoms with Crippen molar-refractivity contribution in [3.05, 3.63) is 11.6 Å². The van der Waals surface area contributed by atoms with Gasteiger partial charge in [0.2, 0.25) is 12.3 Å². The molecule has 4 N–H and O–H groups in total. The molecule has 0 radical (unpaired) electrons. The van der Waals surface area contributed by atoms with Gasteiger partial charge in [0, 0.05) is 45.8 Å². The molecule has 1 aliphatic rings. The minimum absolute atomic E-state index is 0. The highest BCUT2D eigenvalue weighted by molar-refractivity contribution is 6.15. The van der Waals surface area contributed by atoms with Gasteiger partial charge in [-0.15, -0.1) is 0 Å². The van der Waals surface area contributed by atoms with Crippen LogP contribution < -0.4 is 21.3 Å². The lowest BCUT2D eigenvalue weighted by Gasteiger charge is -2.15. The van der Waals surface area contributed by atoms with Crippen molar-refractivity contribution in [2.75, 3.05) is 40.5 Å². The quantitative estimate of drug-likeness (QED) is 0.179. The zero-order valence-electron chi connectivity index (χ0n) is 21.3. The Morgan fingerprint density at radius 2 is 1.49 bits per heavy atom. The van der Waals surface area contributed by atoms with Gasteiger partial charge in [-0.25, -0.2) is 9.59 Å². The van der Waals surface area contributed by atoms with Crippen LogP contribution in [0.25, 0.3) is 0 Å². The van der Waals surface area contributed by atoms with Crippen LogP contribution in [-0.2, 0) is 33.4 Å². The first-order valence-corrected chi connectivity index (χ1v) is 10.7. The van der Waals surface area contributed by atoms with Crippen molar-refractivity contribution in [3.8, 4) is 0 Å². The van der Waals surface area contributed by atoms with Crippen LogP contribution in [0.3, 0.4) is 0 Å². The maximum absolute atomic E-state index is 11.0. The first-order chi connectivity index (χ1) is 16.4. The molecule has 0 aromatic carbocycles. The number of alkyl carbamates (subject to hydrolysis) is 2. The van der Waals surface area contributed by atoms with Crippen molar-refractivity contribution < 1.29 is 43.0 Å². The van der Waals surface area contributed by atoms with E-state index >= 15 is 0 Å². The highest BCUT2D eigenvalue weighted by Crippen LogP contribution is 2.07. The Labute approximate surface area is 219 Å². The number of hydrogen-bond acceptors (Lipinski definition) is 9. The molecule has 0 fully saturated rings. The number of ether oxygens (including phenoxy) is 3. The van der Waals surface area contributed by atoms with Gasteiger partial charge in [-0.3, -0.25) is 24.1 Å². The monoisotopic (exact) mass is 535 g/mol. The standard InChI is InChI=1S/C10H20N2O5.C6H7NO2.C5H10N2O2.2CH4/c1-4-11-9(13)16-6-8(15-3)7-17-10(14)12-5-2;1-4-3-5(8)7(2)6(4)9;1-4(6-3-8)7-5(2)9;;/h8H,4-7H2,1-3H3,(H,11,13)(H,12,14);3H,1-2H3;3-4H,1-2H3,(H,6,8)(H,7,9);2*1H4. The molecule has 0 aliphatic carbocycles. The molecule has 1 rings (SSSR count). The molecule has 1 atom stereocenters. The summed E-state index contributed by atoms with van der Waals surface area (Å²) in [6.45, 7) is 9.31. The van der Waals surface area contributed by atoms with E-state index in [1.807, 2.05) is 0 Å². The highest BCUT2D eigenvalue weighted by Gasteiger charge is 2.23. The number of nitrogens with zero attached hydrogens (tertiary/aromatic N) is 1. The molecular formula is C23H45N5O9. The molecule has 37 heavy (non-hydrogen) atoms. The number of likely N-dealkylation sites (N-methyl/N-ethyl adjacent to an activating group) is 1. The second-order valence-corrected chi connectivity index (χ2v) is 6.85. The summed E-state index contributed by atoms with van der Waals surface area (Å²) >= 11 is 0. The van der Waals surface area contributed by atoms with Crippen molar-refractivity contribution in [2.24, 2.45) is 0 Å². The van der Waals surface area contributed by atoms with Gasteiger partial charge in [-0.2, -0.15) is 0 Å². The Morgan fingerprint density at radius 1 is 1.03 bits per heavy atom. The summed E-state index contributed by atoms with van der Waals surface area (Å²) in [5, 5.41) is 9.77. The van der Waals surface area contributed by atoms with Crippen LogP contribution in [0.2, 0.25) is 0 Å². The Morgan fingerprint density at radius 3 is 1.73 bits per heavy atom. The molecule has 1 heterocycles. The number of nitrogens with one attached hydrogen (secondary N) is 4. The third kappa shape index (κ3) is 21.3. The number of hydrogen-bond donors (Lipinski definition) is 4. The second kappa shape index (κ2) is 24.0. The van der Waals surface area contributed by atoms with E-state index in [9.17, 15) is 28.8 Å². The molecule has 14 heteroatoms. The normalized spacial score (nSPS) is 12.0. The van der Waals surface area contributed by atoms with Gasteiger partial charge in [0.1, 0.15) is 19.3 Å². The van der Waals surface area contributed by atoms with Crippen LogP contribution in [0.15, 0.2) is 11.6 Å². The SMILES string of the molecule is C.C.CC(=O)NC(C)NC=O.CC1=CC(=O)N(C)C1=O.CCNC(=O)OCC(COC(=O)NCC)OC. The molecule has 0 aromatic rings. The molecule has 14 nitrogen and oxygen atoms in total. The van der Waals surface area contributed by atoms with Crippen molar-refractivity contribution in [3.63, 3.8) is 0 Å². The molecular weight excluding hydrogens is 490 g/mol. The number of imide groups is 1. The summed E-state index contributed by atoms with van der Waals surface area (Å²) in [6, 6.07) is 0. The van der Waals surface area contributed by atoms with Gasteiger partial charge in [0.05, 0.1) is 6.17 Å². The maximum Gasteiger partial charge on any atom is 0.407 e. The molecule has 0 saturated carbocycles. The fourth-order valence-corrected chi connectivity index (χ4v) is 2.07. The van der Waals surface area contributed by atoms with Crippen molar-refractivity contribution in [2.45, 2.75) is 61.7 Å². The van der Waals surface area contributed by atoms with E-state index in [0.29, 0.717) is 25.1 Å². The smallest absolute Gasteiger partial charge is 0.407 e. The topological polar surface area (TPSA) is 181 Å². The summed E-state index contributed by atoms with van der Waals surface area (Å²) in [4.78, 5) is 64.5. The van der Waals surface area contributed by atoms with E-state index in [1.54, 1.807) is 27.7 Å². The Kier molecular flexibility index (Phi) is 26.3. The van der Waals surface area contributed by atoms with E-state index in [4.69, 9.17) is 14.2 Å². The van der Waals surface area contributed by atoms with E-state index in [1.165, 1.54) is 27.2 Å². The largest absolute Gasteiger partial charge is 0.447 e. The predicted molar refractivity (Wildman–Crippen MR) is 138 cm³/mol. The van der Waals surface area contributed by atoms with Gasteiger partial charge in [0.15, 0.2) is 0 Å². The number of carbonyl (C=O) groups is 6. The number of methoxy groups -OCH3 is 1. The number of carbonyl (C=O) groups excluding carboxylic acids is 6. The number of amides is 6. The van der Waals surface area contributed by atoms with Crippen molar-refractivity contribution in [1.82, 2.24) is 26.2 Å². The Hall–Kier alpha value is -3.68. The van der Waals surface area contributed by atoms with Crippen LogP contribution in [0.5, 0.6) is 0 Å². The fourth-order valence-electron chi connectivity index (χ4n) is 2.07. The van der Waals surface area contributed by atoms with E-state index in [0.717, 1.165) is 4.90 Å². The predicted octanol–water partition coefficient (Wildman–Crippen LogP) is 0.912. The summed E-state index contributed by atoms with van der Waals surface area (Å²) in [5.41, 5.74) is 0.516. The molecule has 1 aliphatic heterocycles. The molecule has 6 amide bonds. The Balaban J connectivity index is -0.000000232. The highest BCUT2D eigenvalue weighted by atomic mass is 16.6. The van der Waals surface area contributed by atoms with Crippen LogP contribution >= 0.6 is 0 Å². The third-order valence-electron chi connectivity index (χ3n) is 3.83. The van der Waals surface area contributed by atoms with Gasteiger partial charge in [-0.1, -0.05) is 14.9 Å². The van der Waals surface area contributed by atoms with Gasteiger partial charge in [-0.05, 0) is 27.7 Å². The third-order valence-corrected chi connectivity index (χ3v) is 3.83. The molecule has 216 valence electrons. The van der Waals surface area contributed by atoms with Crippen molar-refractivity contribution >= 4 is 36.3 Å². The average molecular weight is 536 g/mol. The molecule has 0 spiro atoms. The van der Waals surface area contributed by atoms with Crippen LogP contribution in [0.4, 0.5) is 9.59 Å².